The van der Waals surface area contributed by atoms with E-state index in [2.05, 4.69) is 51.7 Å². The Morgan fingerprint density at radius 1 is 1.42 bits per heavy atom. The minimum Gasteiger partial charge on any atom is -0.467 e. The van der Waals surface area contributed by atoms with Crippen molar-refractivity contribution in [2.75, 3.05) is 12.4 Å². The van der Waals surface area contributed by atoms with E-state index < -0.39 is 0 Å². The van der Waals surface area contributed by atoms with Crippen molar-refractivity contribution in [2.45, 2.75) is 13.5 Å². The number of hydrogen-bond acceptors (Lipinski definition) is 4. The van der Waals surface area contributed by atoms with Crippen molar-refractivity contribution in [3.05, 3.63) is 51.0 Å². The van der Waals surface area contributed by atoms with E-state index in [1.807, 2.05) is 6.07 Å². The van der Waals surface area contributed by atoms with E-state index in [9.17, 15) is 4.79 Å². The summed E-state index contributed by atoms with van der Waals surface area (Å²) >= 11 is 2.30. The number of carbonyl (C=O) groups is 1. The number of hydrogen-bond donors (Lipinski definition) is 1. The molecule has 0 saturated heterocycles. The van der Waals surface area contributed by atoms with Gasteiger partial charge in [-0.15, -0.1) is 0 Å². The predicted molar refractivity (Wildman–Crippen MR) is 81.3 cm³/mol. The van der Waals surface area contributed by atoms with Gasteiger partial charge < -0.3 is 14.5 Å². The van der Waals surface area contributed by atoms with E-state index in [0.717, 1.165) is 5.69 Å². The Labute approximate surface area is 125 Å². The highest BCUT2D eigenvalue weighted by Crippen LogP contribution is 2.18. The molecule has 2 rings (SSSR count). The molecule has 2 aromatic rings. The van der Waals surface area contributed by atoms with Gasteiger partial charge in [0.1, 0.15) is 12.0 Å². The minimum absolute atomic E-state index is 0.389. The average molecular weight is 371 g/mol. The molecule has 1 N–H and O–H groups in total. The highest BCUT2D eigenvalue weighted by Gasteiger charge is 2.09. The van der Waals surface area contributed by atoms with Gasteiger partial charge in [-0.3, -0.25) is 0 Å². The zero-order valence-corrected chi connectivity index (χ0v) is 12.9. The molecule has 1 aromatic carbocycles. The maximum atomic E-state index is 11.3. The molecule has 0 fully saturated rings. The van der Waals surface area contributed by atoms with Crippen molar-refractivity contribution >= 4 is 34.2 Å². The number of carbonyl (C=O) groups excluding carboxylic acids is 1. The van der Waals surface area contributed by atoms with E-state index in [-0.39, 0.29) is 5.97 Å². The predicted octanol–water partition coefficient (Wildman–Crippen LogP) is 3.59. The van der Waals surface area contributed by atoms with E-state index in [1.165, 1.54) is 22.5 Å². The summed E-state index contributed by atoms with van der Waals surface area (Å²) < 4.78 is 11.1. The van der Waals surface area contributed by atoms with Crippen LogP contribution < -0.4 is 5.32 Å². The number of rotatable bonds is 4. The first-order chi connectivity index (χ1) is 9.10. The van der Waals surface area contributed by atoms with Gasteiger partial charge in [-0.2, -0.15) is 0 Å². The summed E-state index contributed by atoms with van der Waals surface area (Å²) in [5.74, 6) is 0.302. The van der Waals surface area contributed by atoms with Crippen molar-refractivity contribution in [3.8, 4) is 0 Å². The summed E-state index contributed by atoms with van der Waals surface area (Å²) in [7, 11) is 1.35. The molecule has 1 heterocycles. The quantitative estimate of drug-likeness (QED) is 0.659. The number of benzene rings is 1. The molecule has 0 saturated carbocycles. The highest BCUT2D eigenvalue weighted by molar-refractivity contribution is 14.1. The second kappa shape index (κ2) is 6.10. The zero-order valence-electron chi connectivity index (χ0n) is 10.7. The fourth-order valence-corrected chi connectivity index (χ4v) is 2.11. The van der Waals surface area contributed by atoms with Gasteiger partial charge in [-0.25, -0.2) is 4.79 Å². The first-order valence-corrected chi connectivity index (χ1v) is 6.84. The van der Waals surface area contributed by atoms with Crippen molar-refractivity contribution in [1.29, 1.82) is 0 Å². The first-order valence-electron chi connectivity index (χ1n) is 5.76. The fraction of sp³-hybridized carbons (Fsp3) is 0.214. The Kier molecular flexibility index (Phi) is 4.47. The van der Waals surface area contributed by atoms with E-state index in [0.29, 0.717) is 17.9 Å². The lowest BCUT2D eigenvalue weighted by Crippen LogP contribution is -2.00. The number of nitrogens with one attached hydrogen (secondary N) is 1. The van der Waals surface area contributed by atoms with Crippen molar-refractivity contribution in [1.82, 2.24) is 0 Å². The lowest BCUT2D eigenvalue weighted by Gasteiger charge is -2.06. The second-order valence-electron chi connectivity index (χ2n) is 4.11. The van der Waals surface area contributed by atoms with Crippen LogP contribution in [-0.4, -0.2) is 13.1 Å². The molecule has 0 bridgehead atoms. The van der Waals surface area contributed by atoms with Crippen molar-refractivity contribution in [3.63, 3.8) is 0 Å². The molecule has 0 spiro atoms. The highest BCUT2D eigenvalue weighted by atomic mass is 127. The van der Waals surface area contributed by atoms with Gasteiger partial charge in [0.05, 0.1) is 19.2 Å². The summed E-state index contributed by atoms with van der Waals surface area (Å²) in [5.41, 5.74) is 2.70. The number of ether oxygens (including phenoxy) is 1. The summed E-state index contributed by atoms with van der Waals surface area (Å²) in [6.07, 6.45) is 1.40. The molecule has 4 nitrogen and oxygen atoms in total. The number of anilines is 1. The average Bonchev–Trinajstić information content (AvgIpc) is 2.88. The van der Waals surface area contributed by atoms with Crippen molar-refractivity contribution < 1.29 is 13.9 Å². The zero-order chi connectivity index (χ0) is 13.8. The van der Waals surface area contributed by atoms with E-state index in [4.69, 9.17) is 4.42 Å². The molecule has 0 atom stereocenters. The number of esters is 1. The molecular formula is C14H14INO3. The standard InChI is InChI=1S/C14H14INO3/c1-9-3-4-11(6-13(9)15)16-7-12-5-10(8-19-12)14(17)18-2/h3-6,8,16H,7H2,1-2H3. The van der Waals surface area contributed by atoms with Crippen molar-refractivity contribution in [2.24, 2.45) is 0 Å². The Morgan fingerprint density at radius 2 is 2.21 bits per heavy atom. The smallest absolute Gasteiger partial charge is 0.341 e. The molecule has 0 unspecified atom stereocenters. The van der Waals surface area contributed by atoms with Crippen LogP contribution in [0.3, 0.4) is 0 Å². The van der Waals surface area contributed by atoms with Crippen LogP contribution in [0.2, 0.25) is 0 Å². The topological polar surface area (TPSA) is 51.5 Å². The van der Waals surface area contributed by atoms with Crippen LogP contribution in [0.4, 0.5) is 5.69 Å². The summed E-state index contributed by atoms with van der Waals surface area (Å²) in [5, 5.41) is 3.25. The summed E-state index contributed by atoms with van der Waals surface area (Å²) in [6.45, 7) is 2.59. The maximum absolute atomic E-state index is 11.3. The molecule has 5 heteroatoms. The van der Waals surface area contributed by atoms with Gasteiger partial charge in [0.25, 0.3) is 0 Å². The normalized spacial score (nSPS) is 10.3. The van der Waals surface area contributed by atoms with Crippen LogP contribution in [0.5, 0.6) is 0 Å². The Bertz CT molecular complexity index is 592. The number of aryl methyl sites for hydroxylation is 1. The molecular weight excluding hydrogens is 357 g/mol. The summed E-state index contributed by atoms with van der Waals surface area (Å²) in [4.78, 5) is 11.3. The van der Waals surface area contributed by atoms with Crippen LogP contribution in [0, 0.1) is 10.5 Å². The largest absolute Gasteiger partial charge is 0.467 e. The lowest BCUT2D eigenvalue weighted by molar-refractivity contribution is 0.0600. The van der Waals surface area contributed by atoms with Crippen LogP contribution in [-0.2, 0) is 11.3 Å². The SMILES string of the molecule is COC(=O)c1coc(CNc2ccc(C)c(I)c2)c1. The molecule has 0 aliphatic heterocycles. The minimum atomic E-state index is -0.389. The molecule has 1 aromatic heterocycles. The number of methoxy groups -OCH3 is 1. The third-order valence-corrected chi connectivity index (χ3v) is 3.88. The van der Waals surface area contributed by atoms with Gasteiger partial charge in [0.2, 0.25) is 0 Å². The molecule has 0 radical (unpaired) electrons. The van der Waals surface area contributed by atoms with Crippen LogP contribution in [0.1, 0.15) is 21.7 Å². The Morgan fingerprint density at radius 3 is 2.89 bits per heavy atom. The van der Waals surface area contributed by atoms with E-state index >= 15 is 0 Å². The molecule has 100 valence electrons. The van der Waals surface area contributed by atoms with Gasteiger partial charge in [0, 0.05) is 9.26 Å². The van der Waals surface area contributed by atoms with Gasteiger partial charge in [-0.1, -0.05) is 6.07 Å². The number of halogens is 1. The van der Waals surface area contributed by atoms with Crippen LogP contribution in [0.15, 0.2) is 34.9 Å². The second-order valence-corrected chi connectivity index (χ2v) is 5.27. The molecule has 19 heavy (non-hydrogen) atoms. The third kappa shape index (κ3) is 3.50. The first kappa shape index (κ1) is 13.9. The van der Waals surface area contributed by atoms with Gasteiger partial charge in [0.15, 0.2) is 0 Å². The number of furan rings is 1. The third-order valence-electron chi connectivity index (χ3n) is 2.71. The molecule has 0 aliphatic rings. The monoisotopic (exact) mass is 371 g/mol. The molecule has 0 amide bonds. The Balaban J connectivity index is 2.00. The van der Waals surface area contributed by atoms with Crippen LogP contribution in [0.25, 0.3) is 0 Å². The molecule has 0 aliphatic carbocycles. The van der Waals surface area contributed by atoms with E-state index in [1.54, 1.807) is 6.07 Å². The van der Waals surface area contributed by atoms with Crippen LogP contribution >= 0.6 is 22.6 Å². The Hall–Kier alpha value is -1.50. The summed E-state index contributed by atoms with van der Waals surface area (Å²) in [6, 6.07) is 7.83. The maximum Gasteiger partial charge on any atom is 0.341 e. The lowest BCUT2D eigenvalue weighted by atomic mass is 10.2. The van der Waals surface area contributed by atoms with Gasteiger partial charge in [-0.05, 0) is 53.3 Å². The fourth-order valence-electron chi connectivity index (χ4n) is 1.59. The van der Waals surface area contributed by atoms with Gasteiger partial charge >= 0.3 is 5.97 Å².